The third-order valence-electron chi connectivity index (χ3n) is 5.79. The largest absolute Gasteiger partial charge is 0.497 e. The number of benzene rings is 1. The first-order chi connectivity index (χ1) is 14.6. The van der Waals surface area contributed by atoms with Gasteiger partial charge in [0.25, 0.3) is 5.89 Å². The molecule has 156 valence electrons. The van der Waals surface area contributed by atoms with Gasteiger partial charge < -0.3 is 18.9 Å². The summed E-state index contributed by atoms with van der Waals surface area (Å²) in [5.41, 5.74) is 2.16. The van der Waals surface area contributed by atoms with Gasteiger partial charge in [-0.3, -0.25) is 4.79 Å². The quantitative estimate of drug-likeness (QED) is 0.609. The Balaban J connectivity index is 1.37. The van der Waals surface area contributed by atoms with Gasteiger partial charge in [-0.2, -0.15) is 4.98 Å². The van der Waals surface area contributed by atoms with E-state index in [0.29, 0.717) is 36.2 Å². The number of methoxy groups -OCH3 is 2. The number of nitrogens with zero attached hydrogens (tertiary/aromatic N) is 3. The molecule has 1 unspecified atom stereocenters. The van der Waals surface area contributed by atoms with E-state index in [0.717, 1.165) is 23.4 Å². The van der Waals surface area contributed by atoms with E-state index in [-0.39, 0.29) is 11.8 Å². The molecule has 1 aliphatic heterocycles. The van der Waals surface area contributed by atoms with E-state index in [1.807, 2.05) is 12.1 Å². The number of amides is 1. The highest BCUT2D eigenvalue weighted by atomic mass is 32.1. The number of aryl methyl sites for hydroxylation is 2. The molecule has 1 aromatic carbocycles. The predicted molar refractivity (Wildman–Crippen MR) is 114 cm³/mol. The Labute approximate surface area is 178 Å². The van der Waals surface area contributed by atoms with E-state index < -0.39 is 0 Å². The fourth-order valence-corrected chi connectivity index (χ4v) is 5.35. The number of carbonyl (C=O) groups is 1. The van der Waals surface area contributed by atoms with E-state index >= 15 is 0 Å². The van der Waals surface area contributed by atoms with Crippen molar-refractivity contribution in [2.45, 2.75) is 38.0 Å². The van der Waals surface area contributed by atoms with Crippen LogP contribution in [-0.2, 0) is 17.6 Å². The van der Waals surface area contributed by atoms with Crippen LogP contribution in [0.15, 0.2) is 28.8 Å². The first-order valence-corrected chi connectivity index (χ1v) is 10.9. The molecule has 0 bridgehead atoms. The second-order valence-corrected chi connectivity index (χ2v) is 8.84. The maximum Gasteiger partial charge on any atom is 0.268 e. The summed E-state index contributed by atoms with van der Waals surface area (Å²) >= 11 is 1.75. The van der Waals surface area contributed by atoms with E-state index in [2.05, 4.69) is 16.2 Å². The maximum absolute atomic E-state index is 12.7. The SMILES string of the molecule is COc1cc(OC)cc(N2CC(c3noc(-c4cc5c(s4)CCCC5)n3)CC2=O)c1. The molecule has 0 N–H and O–H groups in total. The van der Waals surface area contributed by atoms with Crippen molar-refractivity contribution in [3.8, 4) is 22.3 Å². The van der Waals surface area contributed by atoms with Crippen LogP contribution in [0.25, 0.3) is 10.8 Å². The van der Waals surface area contributed by atoms with Crippen molar-refractivity contribution >= 4 is 22.9 Å². The lowest BCUT2D eigenvalue weighted by Crippen LogP contribution is -2.24. The third-order valence-corrected chi connectivity index (χ3v) is 7.01. The van der Waals surface area contributed by atoms with Gasteiger partial charge in [0.1, 0.15) is 11.5 Å². The Kier molecular flexibility index (Phi) is 4.94. The van der Waals surface area contributed by atoms with Crippen LogP contribution in [0.1, 0.15) is 41.4 Å². The smallest absolute Gasteiger partial charge is 0.268 e. The van der Waals surface area contributed by atoms with Crippen LogP contribution >= 0.6 is 11.3 Å². The second kappa shape index (κ2) is 7.75. The summed E-state index contributed by atoms with van der Waals surface area (Å²) in [7, 11) is 3.19. The predicted octanol–water partition coefficient (Wildman–Crippen LogP) is 4.21. The minimum absolute atomic E-state index is 0.0215. The summed E-state index contributed by atoms with van der Waals surface area (Å²) in [4.78, 5) is 21.6. The van der Waals surface area contributed by atoms with Crippen LogP contribution in [0.4, 0.5) is 5.69 Å². The Bertz CT molecular complexity index is 1040. The van der Waals surface area contributed by atoms with Crippen molar-refractivity contribution in [1.29, 1.82) is 0 Å². The number of hydrogen-bond acceptors (Lipinski definition) is 7. The molecule has 2 aromatic heterocycles. The topological polar surface area (TPSA) is 77.7 Å². The molecule has 0 spiro atoms. The normalized spacial score (nSPS) is 18.5. The van der Waals surface area contributed by atoms with Gasteiger partial charge in [0.15, 0.2) is 5.82 Å². The van der Waals surface area contributed by atoms with Crippen LogP contribution < -0.4 is 14.4 Å². The average molecular weight is 426 g/mol. The van der Waals surface area contributed by atoms with Gasteiger partial charge in [0.05, 0.1) is 24.8 Å². The fraction of sp³-hybridized carbons (Fsp3) is 0.409. The van der Waals surface area contributed by atoms with Crippen LogP contribution in [-0.4, -0.2) is 36.8 Å². The molecule has 7 nitrogen and oxygen atoms in total. The molecule has 30 heavy (non-hydrogen) atoms. The summed E-state index contributed by atoms with van der Waals surface area (Å²) in [6, 6.07) is 7.64. The Hall–Kier alpha value is -2.87. The van der Waals surface area contributed by atoms with Crippen LogP contribution in [0.2, 0.25) is 0 Å². The minimum Gasteiger partial charge on any atom is -0.497 e. The Morgan fingerprint density at radius 1 is 1.10 bits per heavy atom. The van der Waals surface area contributed by atoms with E-state index in [1.165, 1.54) is 23.3 Å². The first kappa shape index (κ1) is 19.1. The molecular weight excluding hydrogens is 402 g/mol. The monoisotopic (exact) mass is 425 g/mol. The van der Waals surface area contributed by atoms with Gasteiger partial charge >= 0.3 is 0 Å². The molecule has 3 heterocycles. The third kappa shape index (κ3) is 3.45. The molecule has 0 saturated carbocycles. The van der Waals surface area contributed by atoms with Gasteiger partial charge in [0.2, 0.25) is 5.91 Å². The van der Waals surface area contributed by atoms with Crippen molar-refractivity contribution in [3.05, 3.63) is 40.5 Å². The number of ether oxygens (including phenoxy) is 2. The van der Waals surface area contributed by atoms with E-state index in [4.69, 9.17) is 14.0 Å². The zero-order chi connectivity index (χ0) is 20.7. The highest BCUT2D eigenvalue weighted by Gasteiger charge is 2.35. The van der Waals surface area contributed by atoms with Gasteiger partial charge in [-0.15, -0.1) is 11.3 Å². The maximum atomic E-state index is 12.7. The first-order valence-electron chi connectivity index (χ1n) is 10.1. The molecule has 3 aromatic rings. The second-order valence-electron chi connectivity index (χ2n) is 7.70. The van der Waals surface area contributed by atoms with E-state index in [1.54, 1.807) is 36.5 Å². The fourth-order valence-electron chi connectivity index (χ4n) is 4.18. The van der Waals surface area contributed by atoms with Crippen molar-refractivity contribution in [2.75, 3.05) is 25.7 Å². The Morgan fingerprint density at radius 2 is 1.87 bits per heavy atom. The Morgan fingerprint density at radius 3 is 2.60 bits per heavy atom. The molecule has 2 aliphatic rings. The molecule has 0 radical (unpaired) electrons. The molecule has 1 saturated heterocycles. The van der Waals surface area contributed by atoms with Gasteiger partial charge in [-0.25, -0.2) is 0 Å². The average Bonchev–Trinajstić information content (AvgIpc) is 3.50. The zero-order valence-electron chi connectivity index (χ0n) is 17.0. The lowest BCUT2D eigenvalue weighted by atomic mass is 9.99. The molecule has 5 rings (SSSR count). The summed E-state index contributed by atoms with van der Waals surface area (Å²) in [6.07, 6.45) is 5.10. The molecule has 8 heteroatoms. The number of thiophene rings is 1. The highest BCUT2D eigenvalue weighted by molar-refractivity contribution is 7.15. The molecule has 1 amide bonds. The number of anilines is 1. The van der Waals surface area contributed by atoms with Crippen LogP contribution in [0.5, 0.6) is 11.5 Å². The lowest BCUT2D eigenvalue weighted by Gasteiger charge is -2.18. The molecule has 1 atom stereocenters. The number of aromatic nitrogens is 2. The number of rotatable bonds is 5. The minimum atomic E-state index is -0.109. The number of hydrogen-bond donors (Lipinski definition) is 0. The van der Waals surface area contributed by atoms with Crippen LogP contribution in [0, 0.1) is 0 Å². The summed E-state index contributed by atoms with van der Waals surface area (Å²) in [6.45, 7) is 0.495. The van der Waals surface area contributed by atoms with Gasteiger partial charge in [0, 0.05) is 42.0 Å². The van der Waals surface area contributed by atoms with Crippen molar-refractivity contribution in [2.24, 2.45) is 0 Å². The van der Waals surface area contributed by atoms with Crippen molar-refractivity contribution < 1.29 is 18.8 Å². The molecule has 1 aliphatic carbocycles. The number of fused-ring (bicyclic) bond motifs is 1. The zero-order valence-corrected chi connectivity index (χ0v) is 17.8. The summed E-state index contributed by atoms with van der Waals surface area (Å²) < 4.78 is 16.2. The van der Waals surface area contributed by atoms with Gasteiger partial charge in [-0.05, 0) is 37.3 Å². The summed E-state index contributed by atoms with van der Waals surface area (Å²) in [5, 5.41) is 4.20. The molecule has 1 fully saturated rings. The van der Waals surface area contributed by atoms with Crippen LogP contribution in [0.3, 0.4) is 0 Å². The summed E-state index contributed by atoms with van der Waals surface area (Å²) in [5.74, 6) is 2.34. The van der Waals surface area contributed by atoms with Crippen molar-refractivity contribution in [3.63, 3.8) is 0 Å². The standard InChI is InChI=1S/C22H23N3O4S/c1-27-16-9-15(10-17(11-16)28-2)25-12-14(8-20(25)26)21-23-22(29-24-21)19-7-13-5-3-4-6-18(13)30-19/h7,9-11,14H,3-6,8,12H2,1-2H3. The lowest BCUT2D eigenvalue weighted by molar-refractivity contribution is -0.117. The van der Waals surface area contributed by atoms with E-state index in [9.17, 15) is 4.79 Å². The van der Waals surface area contributed by atoms with Gasteiger partial charge in [-0.1, -0.05) is 5.16 Å². The highest BCUT2D eigenvalue weighted by Crippen LogP contribution is 2.38. The molecular formula is C22H23N3O4S. The van der Waals surface area contributed by atoms with Crippen molar-refractivity contribution in [1.82, 2.24) is 10.1 Å². The number of carbonyl (C=O) groups excluding carboxylic acids is 1.